The van der Waals surface area contributed by atoms with Gasteiger partial charge < -0.3 is 0 Å². The van der Waals surface area contributed by atoms with Crippen LogP contribution < -0.4 is 0 Å². The van der Waals surface area contributed by atoms with E-state index < -0.39 is 0 Å². The Bertz CT molecular complexity index is 103. The van der Waals surface area contributed by atoms with Crippen molar-refractivity contribution >= 4 is 5.78 Å². The second kappa shape index (κ2) is 4.31. The van der Waals surface area contributed by atoms with Crippen molar-refractivity contribution in [3.63, 3.8) is 0 Å². The summed E-state index contributed by atoms with van der Waals surface area (Å²) in [5.41, 5.74) is 0. The maximum absolute atomic E-state index is 10.2. The van der Waals surface area contributed by atoms with Crippen LogP contribution in [0.3, 0.4) is 0 Å². The number of ketones is 1. The highest BCUT2D eigenvalue weighted by atomic mass is 16.1. The van der Waals surface area contributed by atoms with Gasteiger partial charge in [-0.1, -0.05) is 6.08 Å². The van der Waals surface area contributed by atoms with Gasteiger partial charge in [0.25, 0.3) is 0 Å². The molecule has 0 fully saturated rings. The lowest BCUT2D eigenvalue weighted by Crippen LogP contribution is -1.80. The van der Waals surface area contributed by atoms with Gasteiger partial charge in [-0.2, -0.15) is 0 Å². The van der Waals surface area contributed by atoms with Crippen LogP contribution in [-0.2, 0) is 4.79 Å². The van der Waals surface area contributed by atoms with Gasteiger partial charge in [-0.25, -0.2) is 0 Å². The molecule has 0 radical (unpaired) electrons. The normalized spacial score (nSPS) is 15.2. The van der Waals surface area contributed by atoms with Crippen molar-refractivity contribution in [2.24, 2.45) is 0 Å². The summed E-state index contributed by atoms with van der Waals surface area (Å²) in [6.07, 6.45) is 5.24. The second-order valence-corrected chi connectivity index (χ2v) is 1.41. The summed E-state index contributed by atoms with van der Waals surface area (Å²) in [6.45, 7) is 6.00. The third-order valence-electron chi connectivity index (χ3n) is 0.861. The first kappa shape index (κ1) is 7.15. The second-order valence-electron chi connectivity index (χ2n) is 1.41. The molecule has 0 aromatic heterocycles. The molecule has 1 nitrogen and oxygen atoms in total. The molecule has 1 aliphatic rings. The van der Waals surface area contributed by atoms with Gasteiger partial charge in [0.05, 0.1) is 0 Å². The Morgan fingerprint density at radius 1 is 1.50 bits per heavy atom. The molecule has 44 valence electrons. The van der Waals surface area contributed by atoms with Crippen LogP contribution in [0.25, 0.3) is 0 Å². The van der Waals surface area contributed by atoms with Crippen LogP contribution in [0.4, 0.5) is 0 Å². The molecule has 8 heavy (non-hydrogen) atoms. The lowest BCUT2D eigenvalue weighted by molar-refractivity contribution is -0.114. The molecule has 0 amide bonds. The van der Waals surface area contributed by atoms with Gasteiger partial charge >= 0.3 is 0 Å². The van der Waals surface area contributed by atoms with Crippen molar-refractivity contribution in [1.29, 1.82) is 0 Å². The smallest absolute Gasteiger partial charge is 0.155 e. The average Bonchev–Trinajstić information content (AvgIpc) is 2.24. The molecule has 0 aromatic rings. The van der Waals surface area contributed by atoms with E-state index in [2.05, 4.69) is 13.2 Å². The van der Waals surface area contributed by atoms with Gasteiger partial charge in [0.2, 0.25) is 0 Å². The van der Waals surface area contributed by atoms with Gasteiger partial charge in [0.15, 0.2) is 5.78 Å². The number of hydrogen-bond acceptors (Lipinski definition) is 1. The maximum Gasteiger partial charge on any atom is 0.155 e. The predicted molar refractivity (Wildman–Crippen MR) is 34.6 cm³/mol. The lowest BCUT2D eigenvalue weighted by Gasteiger charge is -1.71. The fraction of sp³-hybridized carbons (Fsp3) is 0.286. The van der Waals surface area contributed by atoms with Crippen molar-refractivity contribution in [1.82, 2.24) is 0 Å². The van der Waals surface area contributed by atoms with E-state index >= 15 is 0 Å². The molecule has 0 aromatic carbocycles. The van der Waals surface area contributed by atoms with Crippen molar-refractivity contribution in [2.75, 3.05) is 0 Å². The SMILES string of the molecule is C=C.O=C1C=CCC1. The summed E-state index contributed by atoms with van der Waals surface area (Å²) in [5, 5.41) is 0. The Hall–Kier alpha value is -0.850. The zero-order valence-electron chi connectivity index (χ0n) is 4.89. The Morgan fingerprint density at radius 3 is 2.25 bits per heavy atom. The van der Waals surface area contributed by atoms with Gasteiger partial charge in [0.1, 0.15) is 0 Å². The highest BCUT2D eigenvalue weighted by Crippen LogP contribution is 2.01. The molecule has 0 spiro atoms. The highest BCUT2D eigenvalue weighted by Gasteiger charge is 1.98. The van der Waals surface area contributed by atoms with Crippen LogP contribution in [0.5, 0.6) is 0 Å². The quantitative estimate of drug-likeness (QED) is 0.434. The maximum atomic E-state index is 10.2. The third kappa shape index (κ3) is 2.35. The molecule has 0 N–H and O–H groups in total. The summed E-state index contributed by atoms with van der Waals surface area (Å²) < 4.78 is 0. The Kier molecular flexibility index (Phi) is 3.85. The van der Waals surface area contributed by atoms with Crippen LogP contribution in [0.1, 0.15) is 12.8 Å². The molecule has 0 saturated carbocycles. The van der Waals surface area contributed by atoms with Gasteiger partial charge in [-0.05, 0) is 12.5 Å². The number of carbonyl (C=O) groups excluding carboxylic acids is 1. The van der Waals surface area contributed by atoms with E-state index in [0.717, 1.165) is 12.8 Å². The summed E-state index contributed by atoms with van der Waals surface area (Å²) >= 11 is 0. The predicted octanol–water partition coefficient (Wildman–Crippen LogP) is 1.71. The fourth-order valence-corrected chi connectivity index (χ4v) is 0.524. The Balaban J connectivity index is 0.000000222. The van der Waals surface area contributed by atoms with E-state index in [4.69, 9.17) is 0 Å². The first-order chi connectivity index (χ1) is 3.89. The Morgan fingerprint density at radius 2 is 2.12 bits per heavy atom. The van der Waals surface area contributed by atoms with Crippen molar-refractivity contribution in [2.45, 2.75) is 12.8 Å². The van der Waals surface area contributed by atoms with Crippen LogP contribution in [0.2, 0.25) is 0 Å². The van der Waals surface area contributed by atoms with Crippen LogP contribution in [0.15, 0.2) is 25.3 Å². The molecule has 0 atom stereocenters. The molecular formula is C7H10O. The van der Waals surface area contributed by atoms with Gasteiger partial charge in [-0.3, -0.25) is 4.79 Å². The largest absolute Gasteiger partial charge is 0.295 e. The van der Waals surface area contributed by atoms with Crippen LogP contribution in [0, 0.1) is 0 Å². The van der Waals surface area contributed by atoms with E-state index in [-0.39, 0.29) is 5.78 Å². The Labute approximate surface area is 49.7 Å². The number of carbonyl (C=O) groups is 1. The standard InChI is InChI=1S/C5H6O.C2H4/c6-5-3-1-2-4-5;1-2/h1,3H,2,4H2;1-2H2. The summed E-state index contributed by atoms with van der Waals surface area (Å²) in [6, 6.07) is 0. The fourth-order valence-electron chi connectivity index (χ4n) is 0.524. The van der Waals surface area contributed by atoms with Crippen LogP contribution >= 0.6 is 0 Å². The molecule has 0 aliphatic heterocycles. The van der Waals surface area contributed by atoms with E-state index in [1.165, 1.54) is 0 Å². The van der Waals surface area contributed by atoms with E-state index in [0.29, 0.717) is 0 Å². The summed E-state index contributed by atoms with van der Waals surface area (Å²) in [7, 11) is 0. The number of hydrogen-bond donors (Lipinski definition) is 0. The number of allylic oxidation sites excluding steroid dienone is 2. The summed E-state index contributed by atoms with van der Waals surface area (Å²) in [4.78, 5) is 10.2. The molecule has 1 aliphatic carbocycles. The molecule has 0 heterocycles. The highest BCUT2D eigenvalue weighted by molar-refractivity contribution is 5.91. The van der Waals surface area contributed by atoms with Gasteiger partial charge in [-0.15, -0.1) is 13.2 Å². The molecule has 0 bridgehead atoms. The van der Waals surface area contributed by atoms with Crippen LogP contribution in [-0.4, -0.2) is 5.78 Å². The average molecular weight is 110 g/mol. The zero-order valence-corrected chi connectivity index (χ0v) is 4.89. The van der Waals surface area contributed by atoms with Crippen molar-refractivity contribution < 1.29 is 4.79 Å². The third-order valence-corrected chi connectivity index (χ3v) is 0.861. The molecule has 0 saturated heterocycles. The monoisotopic (exact) mass is 110 g/mol. The first-order valence-electron chi connectivity index (χ1n) is 2.59. The van der Waals surface area contributed by atoms with E-state index in [1.54, 1.807) is 6.08 Å². The first-order valence-corrected chi connectivity index (χ1v) is 2.59. The minimum Gasteiger partial charge on any atom is -0.295 e. The molecule has 1 rings (SSSR count). The molecule has 0 unspecified atom stereocenters. The summed E-state index contributed by atoms with van der Waals surface area (Å²) in [5.74, 6) is 0.273. The van der Waals surface area contributed by atoms with Crippen molar-refractivity contribution in [3.05, 3.63) is 25.3 Å². The van der Waals surface area contributed by atoms with E-state index in [9.17, 15) is 4.79 Å². The number of rotatable bonds is 0. The van der Waals surface area contributed by atoms with Gasteiger partial charge in [0, 0.05) is 6.42 Å². The topological polar surface area (TPSA) is 17.1 Å². The zero-order chi connectivity index (χ0) is 6.41. The molecule has 1 heteroatoms. The lowest BCUT2D eigenvalue weighted by atomic mass is 10.3. The van der Waals surface area contributed by atoms with Crippen molar-refractivity contribution in [3.8, 4) is 0 Å². The molecular weight excluding hydrogens is 100 g/mol. The minimum atomic E-state index is 0.273. The minimum absolute atomic E-state index is 0.273. The van der Waals surface area contributed by atoms with E-state index in [1.807, 2.05) is 6.08 Å².